The average Bonchev–Trinajstić information content (AvgIpc) is 3.23. The molecule has 1 aromatic carbocycles. The van der Waals surface area contributed by atoms with Crippen LogP contribution in [0.5, 0.6) is 0 Å². The molecule has 7 heteroatoms. The molecule has 6 atom stereocenters. The monoisotopic (exact) mass is 420 g/mol. The van der Waals surface area contributed by atoms with Crippen molar-refractivity contribution >= 4 is 11.8 Å². The fourth-order valence-electron chi connectivity index (χ4n) is 4.11. The summed E-state index contributed by atoms with van der Waals surface area (Å²) in [5.74, 6) is -0.651. The van der Waals surface area contributed by atoms with E-state index in [1.807, 2.05) is 49.1 Å². The third kappa shape index (κ3) is 6.03. The molecule has 1 aliphatic rings. The first-order chi connectivity index (χ1) is 14.3. The van der Waals surface area contributed by atoms with Crippen LogP contribution in [-0.2, 0) is 19.1 Å². The van der Waals surface area contributed by atoms with E-state index in [9.17, 15) is 14.7 Å². The number of likely N-dealkylation sites (tertiary alicyclic amines) is 1. The molecule has 2 rings (SSSR count). The Balaban J connectivity index is 2.02. The van der Waals surface area contributed by atoms with E-state index < -0.39 is 24.2 Å². The minimum absolute atomic E-state index is 0.0226. The summed E-state index contributed by atoms with van der Waals surface area (Å²) in [6, 6.07) is 8.65. The van der Waals surface area contributed by atoms with Gasteiger partial charge in [-0.3, -0.25) is 9.59 Å². The maximum atomic E-state index is 12.9. The van der Waals surface area contributed by atoms with Crippen LogP contribution in [0.1, 0.15) is 51.7 Å². The fraction of sp³-hybridized carbons (Fsp3) is 0.652. The van der Waals surface area contributed by atoms with E-state index in [-0.39, 0.29) is 24.0 Å². The number of nitrogens with zero attached hydrogens (tertiary/aromatic N) is 1. The molecule has 1 aromatic rings. The van der Waals surface area contributed by atoms with E-state index in [0.717, 1.165) is 18.4 Å². The third-order valence-corrected chi connectivity index (χ3v) is 6.03. The molecule has 0 aromatic heterocycles. The van der Waals surface area contributed by atoms with E-state index in [1.54, 1.807) is 21.1 Å². The summed E-state index contributed by atoms with van der Waals surface area (Å²) in [7, 11) is 3.17. The van der Waals surface area contributed by atoms with Gasteiger partial charge in [-0.05, 0) is 32.3 Å². The highest BCUT2D eigenvalue weighted by atomic mass is 16.5. The Hall–Kier alpha value is -1.96. The number of aliphatic hydroxyl groups excluding tert-OH is 1. The Kier molecular flexibility index (Phi) is 9.27. The highest BCUT2D eigenvalue weighted by molar-refractivity contribution is 5.80. The molecule has 0 aliphatic carbocycles. The van der Waals surface area contributed by atoms with Gasteiger partial charge in [0.05, 0.1) is 42.7 Å². The maximum absolute atomic E-state index is 12.9. The lowest BCUT2D eigenvalue weighted by Crippen LogP contribution is -2.51. The van der Waals surface area contributed by atoms with Crippen LogP contribution in [0, 0.1) is 5.92 Å². The van der Waals surface area contributed by atoms with Crippen molar-refractivity contribution in [1.29, 1.82) is 0 Å². The summed E-state index contributed by atoms with van der Waals surface area (Å²) in [6.07, 6.45) is 0.616. The minimum Gasteiger partial charge on any atom is -0.386 e. The van der Waals surface area contributed by atoms with Gasteiger partial charge in [0.15, 0.2) is 0 Å². The summed E-state index contributed by atoms with van der Waals surface area (Å²) in [5, 5.41) is 13.4. The fourth-order valence-corrected chi connectivity index (χ4v) is 4.11. The number of rotatable bonds is 10. The number of aliphatic hydroxyl groups is 1. The molecular formula is C23H36N2O5. The van der Waals surface area contributed by atoms with Crippen LogP contribution in [0.15, 0.2) is 30.3 Å². The highest BCUT2D eigenvalue weighted by Crippen LogP contribution is 2.27. The van der Waals surface area contributed by atoms with Crippen LogP contribution in [0.2, 0.25) is 0 Å². The molecule has 0 radical (unpaired) electrons. The van der Waals surface area contributed by atoms with Crippen molar-refractivity contribution in [2.45, 2.75) is 70.4 Å². The van der Waals surface area contributed by atoms with Gasteiger partial charge in [0.2, 0.25) is 11.8 Å². The summed E-state index contributed by atoms with van der Waals surface area (Å²) in [5.41, 5.74) is 0.751. The van der Waals surface area contributed by atoms with Crippen molar-refractivity contribution in [3.05, 3.63) is 35.9 Å². The van der Waals surface area contributed by atoms with Crippen molar-refractivity contribution in [2.24, 2.45) is 5.92 Å². The van der Waals surface area contributed by atoms with Gasteiger partial charge in [0, 0.05) is 20.8 Å². The van der Waals surface area contributed by atoms with Crippen molar-refractivity contribution < 1.29 is 24.2 Å². The van der Waals surface area contributed by atoms with Crippen LogP contribution < -0.4 is 5.32 Å². The normalized spacial score (nSPS) is 21.5. The van der Waals surface area contributed by atoms with Gasteiger partial charge in [-0.15, -0.1) is 0 Å². The first kappa shape index (κ1) is 24.3. The minimum atomic E-state index is -0.802. The quantitative estimate of drug-likeness (QED) is 0.606. The zero-order valence-electron chi connectivity index (χ0n) is 18.7. The number of hydrogen-bond acceptors (Lipinski definition) is 5. The molecular weight excluding hydrogens is 384 g/mol. The zero-order chi connectivity index (χ0) is 22.3. The molecule has 0 saturated carbocycles. The Morgan fingerprint density at radius 3 is 2.43 bits per heavy atom. The highest BCUT2D eigenvalue weighted by Gasteiger charge is 2.40. The van der Waals surface area contributed by atoms with Crippen molar-refractivity contribution in [1.82, 2.24) is 10.2 Å². The lowest BCUT2D eigenvalue weighted by Gasteiger charge is -2.35. The van der Waals surface area contributed by atoms with Gasteiger partial charge >= 0.3 is 0 Å². The molecule has 1 saturated heterocycles. The third-order valence-electron chi connectivity index (χ3n) is 6.03. The molecule has 7 nitrogen and oxygen atoms in total. The summed E-state index contributed by atoms with van der Waals surface area (Å²) in [6.45, 7) is 6.12. The van der Waals surface area contributed by atoms with Crippen LogP contribution in [0.25, 0.3) is 0 Å². The van der Waals surface area contributed by atoms with E-state index in [2.05, 4.69) is 5.32 Å². The van der Waals surface area contributed by atoms with E-state index in [0.29, 0.717) is 13.0 Å². The van der Waals surface area contributed by atoms with E-state index in [4.69, 9.17) is 9.47 Å². The second-order valence-electron chi connectivity index (χ2n) is 8.19. The van der Waals surface area contributed by atoms with Gasteiger partial charge in [0.25, 0.3) is 0 Å². The Morgan fingerprint density at radius 2 is 1.83 bits per heavy atom. The van der Waals surface area contributed by atoms with E-state index in [1.165, 1.54) is 0 Å². The number of methoxy groups -OCH3 is 2. The number of nitrogens with one attached hydrogen (secondary N) is 1. The number of ether oxygens (including phenoxy) is 2. The molecule has 0 unspecified atom stereocenters. The predicted molar refractivity (Wildman–Crippen MR) is 115 cm³/mol. The molecule has 30 heavy (non-hydrogen) atoms. The molecule has 0 bridgehead atoms. The smallest absolute Gasteiger partial charge is 0.225 e. The Bertz CT molecular complexity index is 683. The number of carbonyl (C=O) groups is 2. The number of benzene rings is 1. The number of amides is 2. The summed E-state index contributed by atoms with van der Waals surface area (Å²) < 4.78 is 10.9. The maximum Gasteiger partial charge on any atom is 0.225 e. The molecule has 2 N–H and O–H groups in total. The standard InChI is InChI=1S/C23H36N2O5/c1-15(29-4)14-20(26)25-13-9-12-19(25)22(30-5)16(2)23(28)24-17(3)21(27)18-10-7-6-8-11-18/h6-8,10-11,15-17,19,21-22,27H,9,12-14H2,1-5H3,(H,24,28)/t15-,16+,17+,19-,21+,22+/m0/s1. The molecule has 2 amide bonds. The van der Waals surface area contributed by atoms with Crippen molar-refractivity contribution in [3.63, 3.8) is 0 Å². The zero-order valence-corrected chi connectivity index (χ0v) is 18.7. The number of carbonyl (C=O) groups excluding carboxylic acids is 2. The van der Waals surface area contributed by atoms with Gasteiger partial charge in [0.1, 0.15) is 0 Å². The van der Waals surface area contributed by atoms with Crippen LogP contribution in [-0.4, -0.2) is 66.9 Å². The first-order valence-electron chi connectivity index (χ1n) is 10.7. The van der Waals surface area contributed by atoms with Crippen LogP contribution in [0.4, 0.5) is 0 Å². The average molecular weight is 421 g/mol. The molecule has 0 spiro atoms. The SMILES string of the molecule is CO[C@H]([C@@H](C)C(=O)N[C@H](C)[C@@H](O)c1ccccc1)[C@@H]1CCCN1C(=O)C[C@H](C)OC. The van der Waals surface area contributed by atoms with Crippen LogP contribution in [0.3, 0.4) is 0 Å². The second-order valence-corrected chi connectivity index (χ2v) is 8.19. The van der Waals surface area contributed by atoms with Gasteiger partial charge < -0.3 is 24.8 Å². The van der Waals surface area contributed by atoms with E-state index >= 15 is 0 Å². The molecule has 1 heterocycles. The lowest BCUT2D eigenvalue weighted by molar-refractivity contribution is -0.141. The number of hydrogen-bond donors (Lipinski definition) is 2. The molecule has 168 valence electrons. The molecule has 1 fully saturated rings. The summed E-state index contributed by atoms with van der Waals surface area (Å²) in [4.78, 5) is 27.5. The first-order valence-corrected chi connectivity index (χ1v) is 10.7. The second kappa shape index (κ2) is 11.4. The Labute approximate surface area is 179 Å². The lowest BCUT2D eigenvalue weighted by atomic mass is 9.94. The topological polar surface area (TPSA) is 88.1 Å². The Morgan fingerprint density at radius 1 is 1.17 bits per heavy atom. The van der Waals surface area contributed by atoms with Crippen LogP contribution >= 0.6 is 0 Å². The van der Waals surface area contributed by atoms with Gasteiger partial charge in [-0.1, -0.05) is 37.3 Å². The predicted octanol–water partition coefficient (Wildman–Crippen LogP) is 2.29. The van der Waals surface area contributed by atoms with Crippen molar-refractivity contribution in [3.8, 4) is 0 Å². The van der Waals surface area contributed by atoms with Gasteiger partial charge in [-0.2, -0.15) is 0 Å². The molecule has 1 aliphatic heterocycles. The largest absolute Gasteiger partial charge is 0.386 e. The van der Waals surface area contributed by atoms with Crippen molar-refractivity contribution in [2.75, 3.05) is 20.8 Å². The van der Waals surface area contributed by atoms with Gasteiger partial charge in [-0.25, -0.2) is 0 Å². The summed E-state index contributed by atoms with van der Waals surface area (Å²) >= 11 is 0.